The predicted octanol–water partition coefficient (Wildman–Crippen LogP) is 2.31. The van der Waals surface area contributed by atoms with Crippen LogP contribution < -0.4 is 4.74 Å². The normalized spacial score (nSPS) is 12.2. The van der Waals surface area contributed by atoms with Gasteiger partial charge in [0.05, 0.1) is 0 Å². The van der Waals surface area contributed by atoms with E-state index < -0.39 is 6.10 Å². The lowest BCUT2D eigenvalue weighted by molar-refractivity contribution is 0.112. The van der Waals surface area contributed by atoms with Crippen LogP contribution in [0.2, 0.25) is 0 Å². The summed E-state index contributed by atoms with van der Waals surface area (Å²) in [6.45, 7) is 1.76. The molecule has 0 aromatic heterocycles. The van der Waals surface area contributed by atoms with Crippen molar-refractivity contribution in [3.8, 4) is 5.75 Å². The monoisotopic (exact) mass is 200 g/mol. The highest BCUT2D eigenvalue weighted by atomic mass is 31.0. The number of rotatable bonds is 3. The number of hydrogen-bond acceptors (Lipinski definition) is 2. The summed E-state index contributed by atoms with van der Waals surface area (Å²) in [7, 11) is 1.89. The van der Waals surface area contributed by atoms with Gasteiger partial charge in [-0.25, -0.2) is 0 Å². The molecule has 0 amide bonds. The lowest BCUT2D eigenvalue weighted by atomic mass is 10.1. The van der Waals surface area contributed by atoms with Crippen LogP contribution in [0.4, 0.5) is 4.39 Å². The van der Waals surface area contributed by atoms with E-state index in [2.05, 4.69) is 0 Å². The molecule has 0 spiro atoms. The lowest BCUT2D eigenvalue weighted by Crippen LogP contribution is -2.01. The minimum atomic E-state index is -1.42. The quantitative estimate of drug-likeness (QED) is 0.552. The van der Waals surface area contributed by atoms with Crippen molar-refractivity contribution in [2.24, 2.45) is 0 Å². The molecule has 1 rings (SSSR count). The van der Waals surface area contributed by atoms with Crippen molar-refractivity contribution < 1.29 is 13.9 Å². The van der Waals surface area contributed by atoms with Crippen molar-refractivity contribution in [3.05, 3.63) is 29.3 Å². The molecule has 2 unspecified atom stereocenters. The van der Waals surface area contributed by atoms with Crippen LogP contribution in [-0.4, -0.2) is 12.4 Å². The van der Waals surface area contributed by atoms with Gasteiger partial charge in [0.25, 0.3) is 0 Å². The van der Waals surface area contributed by atoms with Crippen molar-refractivity contribution >= 4 is 15.5 Å². The topological polar surface area (TPSA) is 26.3 Å². The average molecular weight is 200 g/mol. The Kier molecular flexibility index (Phi) is 3.38. The number of alkyl halides is 1. The fraction of sp³-hybridized carbons (Fsp3) is 0.222. The molecule has 0 bridgehead atoms. The van der Waals surface area contributed by atoms with E-state index in [4.69, 9.17) is 4.74 Å². The van der Waals surface area contributed by atoms with Crippen molar-refractivity contribution in [3.63, 3.8) is 0 Å². The highest BCUT2D eigenvalue weighted by molar-refractivity contribution is 7.16. The van der Waals surface area contributed by atoms with Gasteiger partial charge in [0.2, 0.25) is 6.10 Å². The SMILES string of the molecule is Cc1cc(C=O)ccc1OC(F)P. The molecule has 2 nitrogen and oxygen atoms in total. The Morgan fingerprint density at radius 3 is 2.77 bits per heavy atom. The lowest BCUT2D eigenvalue weighted by Gasteiger charge is -2.09. The van der Waals surface area contributed by atoms with E-state index in [1.807, 2.05) is 9.24 Å². The van der Waals surface area contributed by atoms with Gasteiger partial charge in [0, 0.05) is 5.56 Å². The van der Waals surface area contributed by atoms with E-state index in [0.29, 0.717) is 11.3 Å². The number of benzene rings is 1. The van der Waals surface area contributed by atoms with E-state index in [1.54, 1.807) is 25.1 Å². The highest BCUT2D eigenvalue weighted by Crippen LogP contribution is 2.21. The first-order chi connectivity index (χ1) is 6.13. The molecule has 0 saturated heterocycles. The Morgan fingerprint density at radius 1 is 1.62 bits per heavy atom. The molecule has 1 aromatic rings. The Bertz CT molecular complexity index is 312. The van der Waals surface area contributed by atoms with Gasteiger partial charge in [0.15, 0.2) is 0 Å². The second-order valence-corrected chi connectivity index (χ2v) is 3.14. The number of aryl methyl sites for hydroxylation is 1. The predicted molar refractivity (Wildman–Crippen MR) is 51.8 cm³/mol. The molecule has 0 heterocycles. The minimum absolute atomic E-state index is 0.452. The van der Waals surface area contributed by atoms with Gasteiger partial charge in [-0.3, -0.25) is 4.79 Å². The van der Waals surface area contributed by atoms with Crippen molar-refractivity contribution in [1.82, 2.24) is 0 Å². The van der Waals surface area contributed by atoms with Gasteiger partial charge >= 0.3 is 0 Å². The van der Waals surface area contributed by atoms with Crippen LogP contribution in [0.5, 0.6) is 5.75 Å². The molecule has 0 N–H and O–H groups in total. The second-order valence-electron chi connectivity index (χ2n) is 2.61. The Labute approximate surface area is 78.3 Å². The van der Waals surface area contributed by atoms with E-state index >= 15 is 0 Å². The zero-order chi connectivity index (χ0) is 9.84. The standard InChI is InChI=1S/C9H10FO2P/c1-6-4-7(5-11)2-3-8(6)12-9(10)13/h2-5,9H,13H2,1H3. The minimum Gasteiger partial charge on any atom is -0.457 e. The zero-order valence-electron chi connectivity index (χ0n) is 7.16. The van der Waals surface area contributed by atoms with Gasteiger partial charge in [-0.15, -0.1) is 0 Å². The zero-order valence-corrected chi connectivity index (χ0v) is 8.31. The van der Waals surface area contributed by atoms with Gasteiger partial charge in [-0.2, -0.15) is 4.39 Å². The third-order valence-corrected chi connectivity index (χ3v) is 1.71. The third kappa shape index (κ3) is 2.78. The third-order valence-electron chi connectivity index (χ3n) is 1.57. The van der Waals surface area contributed by atoms with Crippen LogP contribution in [0.15, 0.2) is 18.2 Å². The van der Waals surface area contributed by atoms with Gasteiger partial charge < -0.3 is 4.74 Å². The maximum atomic E-state index is 12.4. The summed E-state index contributed by atoms with van der Waals surface area (Å²) in [6.07, 6.45) is -0.675. The van der Waals surface area contributed by atoms with Gasteiger partial charge in [-0.05, 0) is 30.7 Å². The molecule has 4 heteroatoms. The van der Waals surface area contributed by atoms with E-state index in [1.165, 1.54) is 0 Å². The van der Waals surface area contributed by atoms with Crippen LogP contribution in [0.3, 0.4) is 0 Å². The number of carbonyl (C=O) groups is 1. The summed E-state index contributed by atoms with van der Waals surface area (Å²) in [4.78, 5) is 10.4. The number of ether oxygens (including phenoxy) is 1. The number of aldehydes is 1. The van der Waals surface area contributed by atoms with E-state index in [-0.39, 0.29) is 0 Å². The van der Waals surface area contributed by atoms with Crippen LogP contribution >= 0.6 is 9.24 Å². The maximum absolute atomic E-state index is 12.4. The molecule has 0 saturated carbocycles. The highest BCUT2D eigenvalue weighted by Gasteiger charge is 2.04. The van der Waals surface area contributed by atoms with Crippen LogP contribution in [0.1, 0.15) is 15.9 Å². The fourth-order valence-electron chi connectivity index (χ4n) is 0.999. The Balaban J connectivity index is 2.91. The van der Waals surface area contributed by atoms with Crippen LogP contribution in [0.25, 0.3) is 0 Å². The molecule has 0 fully saturated rings. The number of hydrogen-bond donors (Lipinski definition) is 0. The van der Waals surface area contributed by atoms with Crippen LogP contribution in [0, 0.1) is 6.92 Å². The molecular weight excluding hydrogens is 190 g/mol. The number of carbonyl (C=O) groups excluding carboxylic acids is 1. The molecule has 0 radical (unpaired) electrons. The Hall–Kier alpha value is -0.950. The van der Waals surface area contributed by atoms with Crippen LogP contribution in [-0.2, 0) is 0 Å². The molecule has 1 aromatic carbocycles. The first-order valence-corrected chi connectivity index (χ1v) is 4.42. The summed E-state index contributed by atoms with van der Waals surface area (Å²) >= 11 is 0. The van der Waals surface area contributed by atoms with E-state index in [9.17, 15) is 9.18 Å². The maximum Gasteiger partial charge on any atom is 0.249 e. The summed E-state index contributed by atoms with van der Waals surface area (Å²) < 4.78 is 17.2. The van der Waals surface area contributed by atoms with Gasteiger partial charge in [-0.1, -0.05) is 9.24 Å². The molecule has 0 aliphatic heterocycles. The van der Waals surface area contributed by atoms with Crippen molar-refractivity contribution in [1.29, 1.82) is 0 Å². The smallest absolute Gasteiger partial charge is 0.249 e. The van der Waals surface area contributed by atoms with E-state index in [0.717, 1.165) is 11.8 Å². The molecule has 70 valence electrons. The molecular formula is C9H10FO2P. The summed E-state index contributed by atoms with van der Waals surface area (Å²) in [5.74, 6) is 0.452. The summed E-state index contributed by atoms with van der Waals surface area (Å²) in [5, 5.41) is 0. The first kappa shape index (κ1) is 10.1. The average Bonchev–Trinajstić information content (AvgIpc) is 2.08. The first-order valence-electron chi connectivity index (χ1n) is 3.75. The Morgan fingerprint density at radius 2 is 2.31 bits per heavy atom. The summed E-state index contributed by atoms with van der Waals surface area (Å²) in [6, 6.07) is 4.81. The van der Waals surface area contributed by atoms with Crippen molar-refractivity contribution in [2.75, 3.05) is 0 Å². The molecule has 0 aliphatic rings. The van der Waals surface area contributed by atoms with Gasteiger partial charge in [0.1, 0.15) is 12.0 Å². The largest absolute Gasteiger partial charge is 0.457 e. The summed E-state index contributed by atoms with van der Waals surface area (Å²) in [5.41, 5.74) is 1.30. The molecule has 2 atom stereocenters. The molecule has 13 heavy (non-hydrogen) atoms. The number of halogens is 1. The second kappa shape index (κ2) is 4.33. The fourth-order valence-corrected chi connectivity index (χ4v) is 1.15. The van der Waals surface area contributed by atoms with Crippen molar-refractivity contribution in [2.45, 2.75) is 13.0 Å². The molecule has 0 aliphatic carbocycles.